The molecule has 1 saturated heterocycles. The summed E-state index contributed by atoms with van der Waals surface area (Å²) in [7, 11) is 0. The highest BCUT2D eigenvalue weighted by Gasteiger charge is 2.38. The molecule has 0 radical (unpaired) electrons. The van der Waals surface area contributed by atoms with Crippen LogP contribution in [0.3, 0.4) is 0 Å². The topological polar surface area (TPSA) is 46.2 Å². The lowest BCUT2D eigenvalue weighted by Crippen LogP contribution is -2.40. The lowest BCUT2D eigenvalue weighted by molar-refractivity contribution is -0.134. The van der Waals surface area contributed by atoms with E-state index in [-0.39, 0.29) is 12.8 Å². The predicted molar refractivity (Wildman–Crippen MR) is 70.1 cm³/mol. The first-order valence-corrected chi connectivity index (χ1v) is 6.75. The molecule has 0 saturated carbocycles. The molecule has 2 rings (SSSR count). The summed E-state index contributed by atoms with van der Waals surface area (Å²) in [6.45, 7) is 4.25. The van der Waals surface area contributed by atoms with Gasteiger partial charge in [0, 0.05) is 17.5 Å². The first-order valence-electron chi connectivity index (χ1n) is 6.75. The van der Waals surface area contributed by atoms with Crippen LogP contribution in [0.1, 0.15) is 50.7 Å². The van der Waals surface area contributed by atoms with Crippen LogP contribution < -0.4 is 5.32 Å². The van der Waals surface area contributed by atoms with Crippen LogP contribution in [0.4, 0.5) is 17.6 Å². The van der Waals surface area contributed by atoms with Crippen LogP contribution in [0.25, 0.3) is 0 Å². The summed E-state index contributed by atoms with van der Waals surface area (Å²) in [5, 5.41) is 1.91. The summed E-state index contributed by atoms with van der Waals surface area (Å²) in [5.41, 5.74) is -2.83. The molecule has 1 N–H and O–H groups in total. The van der Waals surface area contributed by atoms with E-state index in [1.807, 2.05) is 5.32 Å². The summed E-state index contributed by atoms with van der Waals surface area (Å²) in [5.74, 6) is -9.17. The SMILES string of the molecule is CC(C)(C)c1c(F)c(F)c(C2CCC(=O)NC2=O)c(F)c1F. The Morgan fingerprint density at radius 1 is 0.955 bits per heavy atom. The van der Waals surface area contributed by atoms with Gasteiger partial charge >= 0.3 is 0 Å². The number of carbonyl (C=O) groups is 2. The van der Waals surface area contributed by atoms with Crippen molar-refractivity contribution in [1.29, 1.82) is 0 Å². The highest BCUT2D eigenvalue weighted by molar-refractivity contribution is 6.01. The first-order chi connectivity index (χ1) is 10.1. The molecular formula is C15H15F4NO2. The van der Waals surface area contributed by atoms with Gasteiger partial charge in [-0.15, -0.1) is 0 Å². The van der Waals surface area contributed by atoms with Gasteiger partial charge in [-0.3, -0.25) is 14.9 Å². The molecule has 120 valence electrons. The van der Waals surface area contributed by atoms with Crippen LogP contribution in [-0.2, 0) is 15.0 Å². The minimum atomic E-state index is -1.58. The zero-order chi connectivity index (χ0) is 16.8. The highest BCUT2D eigenvalue weighted by Crippen LogP contribution is 2.37. The van der Waals surface area contributed by atoms with Crippen LogP contribution >= 0.6 is 0 Å². The number of imide groups is 1. The standard InChI is InChI=1S/C15H15F4NO2/c1-15(2,3)9-12(18)10(16)8(11(17)13(9)19)6-4-5-7(21)20-14(6)22/h6H,4-5H2,1-3H3,(H,20,21,22). The van der Waals surface area contributed by atoms with Crippen LogP contribution in [-0.4, -0.2) is 11.8 Å². The smallest absolute Gasteiger partial charge is 0.234 e. The van der Waals surface area contributed by atoms with Gasteiger partial charge in [0.05, 0.1) is 5.92 Å². The molecule has 22 heavy (non-hydrogen) atoms. The van der Waals surface area contributed by atoms with Gasteiger partial charge in [0.2, 0.25) is 11.8 Å². The maximum Gasteiger partial charge on any atom is 0.234 e. The molecule has 0 bridgehead atoms. The van der Waals surface area contributed by atoms with E-state index >= 15 is 0 Å². The van der Waals surface area contributed by atoms with Crippen molar-refractivity contribution in [3.8, 4) is 0 Å². The van der Waals surface area contributed by atoms with Crippen LogP contribution in [0.15, 0.2) is 0 Å². The second-order valence-electron chi connectivity index (χ2n) is 6.30. The van der Waals surface area contributed by atoms with Crippen molar-refractivity contribution >= 4 is 11.8 Å². The summed E-state index contributed by atoms with van der Waals surface area (Å²) in [6, 6.07) is 0. The molecule has 1 unspecified atom stereocenters. The van der Waals surface area contributed by atoms with E-state index in [2.05, 4.69) is 0 Å². The largest absolute Gasteiger partial charge is 0.296 e. The van der Waals surface area contributed by atoms with Gasteiger partial charge in [-0.2, -0.15) is 0 Å². The maximum absolute atomic E-state index is 14.2. The Balaban J connectivity index is 2.65. The third-order valence-corrected chi connectivity index (χ3v) is 3.63. The molecule has 1 aliphatic rings. The summed E-state index contributed by atoms with van der Waals surface area (Å²) in [6.07, 6.45) is -0.355. The summed E-state index contributed by atoms with van der Waals surface area (Å²) >= 11 is 0. The van der Waals surface area contributed by atoms with E-state index in [0.717, 1.165) is 0 Å². The van der Waals surface area contributed by atoms with Crippen molar-refractivity contribution in [2.45, 2.75) is 44.9 Å². The van der Waals surface area contributed by atoms with Gasteiger partial charge in [-0.05, 0) is 11.8 Å². The van der Waals surface area contributed by atoms with Crippen LogP contribution in [0.5, 0.6) is 0 Å². The van der Waals surface area contributed by atoms with E-state index < -0.39 is 57.5 Å². The fourth-order valence-electron chi connectivity index (χ4n) is 2.58. The Labute approximate surface area is 124 Å². The fourth-order valence-corrected chi connectivity index (χ4v) is 2.58. The molecule has 7 heteroatoms. The van der Waals surface area contributed by atoms with E-state index in [1.165, 1.54) is 20.8 Å². The molecule has 3 nitrogen and oxygen atoms in total. The molecule has 1 atom stereocenters. The van der Waals surface area contributed by atoms with Crippen molar-refractivity contribution in [2.24, 2.45) is 0 Å². The van der Waals surface area contributed by atoms with Gasteiger partial charge in [-0.1, -0.05) is 20.8 Å². The zero-order valence-electron chi connectivity index (χ0n) is 12.3. The number of benzene rings is 1. The van der Waals surface area contributed by atoms with Crippen LogP contribution in [0.2, 0.25) is 0 Å². The molecule has 1 aliphatic heterocycles. The monoisotopic (exact) mass is 317 g/mol. The normalized spacial score (nSPS) is 19.3. The quantitative estimate of drug-likeness (QED) is 0.491. The molecule has 1 aromatic rings. The van der Waals surface area contributed by atoms with Gasteiger partial charge in [0.15, 0.2) is 23.3 Å². The molecule has 0 aliphatic carbocycles. The second-order valence-corrected chi connectivity index (χ2v) is 6.30. The fraction of sp³-hybridized carbons (Fsp3) is 0.467. The molecule has 2 amide bonds. The predicted octanol–water partition coefficient (Wildman–Crippen LogP) is 3.06. The van der Waals surface area contributed by atoms with Gasteiger partial charge < -0.3 is 0 Å². The summed E-state index contributed by atoms with van der Waals surface area (Å²) < 4.78 is 56.8. The number of amides is 2. The maximum atomic E-state index is 14.2. The zero-order valence-corrected chi connectivity index (χ0v) is 12.3. The third-order valence-electron chi connectivity index (χ3n) is 3.63. The van der Waals surface area contributed by atoms with E-state index in [0.29, 0.717) is 0 Å². The Morgan fingerprint density at radius 3 is 1.86 bits per heavy atom. The van der Waals surface area contributed by atoms with Crippen LogP contribution in [0, 0.1) is 23.3 Å². The minimum absolute atomic E-state index is 0.153. The molecule has 1 aromatic carbocycles. The number of hydrogen-bond donors (Lipinski definition) is 1. The number of halogens is 4. The Hall–Kier alpha value is -1.92. The van der Waals surface area contributed by atoms with Crippen molar-refractivity contribution < 1.29 is 27.2 Å². The first kappa shape index (κ1) is 16.5. The highest BCUT2D eigenvalue weighted by atomic mass is 19.2. The van der Waals surface area contributed by atoms with Crippen molar-refractivity contribution in [2.75, 3.05) is 0 Å². The third kappa shape index (κ3) is 2.60. The summed E-state index contributed by atoms with van der Waals surface area (Å²) in [4.78, 5) is 22.8. The molecule has 0 spiro atoms. The Kier molecular flexibility index (Phi) is 4.02. The van der Waals surface area contributed by atoms with E-state index in [9.17, 15) is 27.2 Å². The lowest BCUT2D eigenvalue weighted by atomic mass is 9.82. The molecule has 1 heterocycles. The Morgan fingerprint density at radius 2 is 1.45 bits per heavy atom. The molecule has 1 fully saturated rings. The van der Waals surface area contributed by atoms with Gasteiger partial charge in [0.1, 0.15) is 0 Å². The van der Waals surface area contributed by atoms with Crippen molar-refractivity contribution in [1.82, 2.24) is 5.32 Å². The number of carbonyl (C=O) groups excluding carboxylic acids is 2. The van der Waals surface area contributed by atoms with Gasteiger partial charge in [-0.25, -0.2) is 17.6 Å². The van der Waals surface area contributed by atoms with Gasteiger partial charge in [0.25, 0.3) is 0 Å². The number of hydrogen-bond acceptors (Lipinski definition) is 2. The second kappa shape index (κ2) is 5.37. The van der Waals surface area contributed by atoms with E-state index in [1.54, 1.807) is 0 Å². The number of nitrogens with one attached hydrogen (secondary N) is 1. The Bertz CT molecular complexity index is 635. The lowest BCUT2D eigenvalue weighted by Gasteiger charge is -2.26. The van der Waals surface area contributed by atoms with Crippen molar-refractivity contribution in [3.63, 3.8) is 0 Å². The number of piperidine rings is 1. The minimum Gasteiger partial charge on any atom is -0.296 e. The van der Waals surface area contributed by atoms with E-state index in [4.69, 9.17) is 0 Å². The molecule has 0 aromatic heterocycles. The average Bonchev–Trinajstić information content (AvgIpc) is 2.37. The number of rotatable bonds is 1. The molecular weight excluding hydrogens is 302 g/mol. The average molecular weight is 317 g/mol. The van der Waals surface area contributed by atoms with Crippen molar-refractivity contribution in [3.05, 3.63) is 34.4 Å².